The highest BCUT2D eigenvalue weighted by Gasteiger charge is 2.15. The maximum absolute atomic E-state index is 14.1. The molecule has 1 heterocycles. The molecule has 3 rings (SSSR count). The third-order valence-electron chi connectivity index (χ3n) is 4.70. The second kappa shape index (κ2) is 8.95. The molecule has 0 spiro atoms. The average molecular weight is 370 g/mol. The van der Waals surface area contributed by atoms with E-state index in [1.165, 1.54) is 6.07 Å². The van der Waals surface area contributed by atoms with E-state index >= 15 is 0 Å². The lowest BCUT2D eigenvalue weighted by atomic mass is 10.1. The summed E-state index contributed by atoms with van der Waals surface area (Å²) in [5.74, 6) is 0.158. The Bertz CT molecular complexity index is 812. The molecule has 2 aromatic rings. The first-order valence-electron chi connectivity index (χ1n) is 9.42. The van der Waals surface area contributed by atoms with Crippen LogP contribution in [-0.4, -0.2) is 41.2 Å². The molecule has 1 amide bonds. The van der Waals surface area contributed by atoms with E-state index in [1.54, 1.807) is 18.2 Å². The molecule has 0 radical (unpaired) electrons. The zero-order valence-corrected chi connectivity index (χ0v) is 16.0. The second-order valence-corrected chi connectivity index (χ2v) is 7.28. The second-order valence-electron chi connectivity index (χ2n) is 7.28. The van der Waals surface area contributed by atoms with Crippen LogP contribution in [0.25, 0.3) is 11.3 Å². The Balaban J connectivity index is 1.65. The van der Waals surface area contributed by atoms with E-state index in [0.29, 0.717) is 43.2 Å². The van der Waals surface area contributed by atoms with Crippen LogP contribution in [-0.2, 0) is 17.9 Å². The van der Waals surface area contributed by atoms with Crippen molar-refractivity contribution in [3.05, 3.63) is 54.0 Å². The van der Waals surface area contributed by atoms with Crippen molar-refractivity contribution in [2.75, 3.05) is 20.6 Å². The first-order chi connectivity index (χ1) is 13.0. The van der Waals surface area contributed by atoms with Crippen LogP contribution in [0.1, 0.15) is 25.0 Å². The Morgan fingerprint density at radius 2 is 2.19 bits per heavy atom. The fourth-order valence-corrected chi connectivity index (χ4v) is 3.38. The number of benzene rings is 1. The Morgan fingerprint density at radius 1 is 1.37 bits per heavy atom. The van der Waals surface area contributed by atoms with Gasteiger partial charge in [-0.1, -0.05) is 24.3 Å². The molecule has 1 aromatic carbocycles. The molecule has 6 heteroatoms. The molecule has 1 unspecified atom stereocenters. The molecule has 1 atom stereocenters. The summed E-state index contributed by atoms with van der Waals surface area (Å²) in [5.41, 5.74) is 2.10. The molecule has 1 N–H and O–H groups in total. The summed E-state index contributed by atoms with van der Waals surface area (Å²) < 4.78 is 16.0. The molecule has 1 aliphatic rings. The van der Waals surface area contributed by atoms with Crippen molar-refractivity contribution in [2.24, 2.45) is 5.92 Å². The van der Waals surface area contributed by atoms with Gasteiger partial charge in [-0.2, -0.15) is 5.10 Å². The number of carbonyl (C=O) groups excluding carboxylic acids is 1. The van der Waals surface area contributed by atoms with Crippen molar-refractivity contribution in [1.82, 2.24) is 20.0 Å². The first-order valence-corrected chi connectivity index (χ1v) is 9.42. The summed E-state index contributed by atoms with van der Waals surface area (Å²) in [4.78, 5) is 14.1. The molecular weight excluding hydrogens is 343 g/mol. The summed E-state index contributed by atoms with van der Waals surface area (Å²) >= 11 is 0. The molecule has 0 saturated carbocycles. The van der Waals surface area contributed by atoms with Crippen LogP contribution in [0.3, 0.4) is 0 Å². The third kappa shape index (κ3) is 5.26. The number of rotatable bonds is 8. The quantitative estimate of drug-likeness (QED) is 0.726. The minimum atomic E-state index is -0.281. The van der Waals surface area contributed by atoms with Gasteiger partial charge in [0.05, 0.1) is 17.9 Å². The lowest BCUT2D eigenvalue weighted by molar-refractivity contribution is -0.121. The minimum Gasteiger partial charge on any atom is -0.354 e. The third-order valence-corrected chi connectivity index (χ3v) is 4.70. The highest BCUT2D eigenvalue weighted by molar-refractivity contribution is 5.76. The predicted octanol–water partition coefficient (Wildman–Crippen LogP) is 3.22. The van der Waals surface area contributed by atoms with Gasteiger partial charge in [-0.3, -0.25) is 9.48 Å². The molecule has 0 bridgehead atoms. The molecular formula is C21H27FN4O. The van der Waals surface area contributed by atoms with Crippen LogP contribution in [0.2, 0.25) is 0 Å². The van der Waals surface area contributed by atoms with Crippen molar-refractivity contribution in [2.45, 2.75) is 32.4 Å². The van der Waals surface area contributed by atoms with E-state index in [2.05, 4.69) is 22.6 Å². The summed E-state index contributed by atoms with van der Waals surface area (Å²) in [5, 5.41) is 7.56. The monoisotopic (exact) mass is 370 g/mol. The number of hydrogen-bond donors (Lipinski definition) is 1. The van der Waals surface area contributed by atoms with Gasteiger partial charge in [-0.05, 0) is 51.1 Å². The highest BCUT2D eigenvalue weighted by atomic mass is 19.1. The summed E-state index contributed by atoms with van der Waals surface area (Å²) in [6.07, 6.45) is 6.94. The van der Waals surface area contributed by atoms with Crippen molar-refractivity contribution in [3.63, 3.8) is 0 Å². The normalized spacial score (nSPS) is 16.2. The van der Waals surface area contributed by atoms with Crippen molar-refractivity contribution in [3.8, 4) is 11.3 Å². The molecule has 1 aromatic heterocycles. The number of hydrogen-bond acceptors (Lipinski definition) is 3. The Kier molecular flexibility index (Phi) is 6.40. The fraction of sp³-hybridized carbons (Fsp3) is 0.429. The zero-order chi connectivity index (χ0) is 19.2. The van der Waals surface area contributed by atoms with E-state index in [0.717, 1.165) is 18.5 Å². The molecule has 5 nitrogen and oxygen atoms in total. The van der Waals surface area contributed by atoms with E-state index in [4.69, 9.17) is 0 Å². The molecule has 0 saturated heterocycles. The van der Waals surface area contributed by atoms with Crippen LogP contribution >= 0.6 is 0 Å². The van der Waals surface area contributed by atoms with Crippen molar-refractivity contribution < 1.29 is 9.18 Å². The molecule has 0 aliphatic heterocycles. The van der Waals surface area contributed by atoms with Gasteiger partial charge in [0.15, 0.2) is 0 Å². The number of nitrogens with one attached hydrogen (secondary N) is 1. The first kappa shape index (κ1) is 19.3. The summed E-state index contributed by atoms with van der Waals surface area (Å²) in [7, 11) is 3.97. The van der Waals surface area contributed by atoms with Gasteiger partial charge in [0.1, 0.15) is 5.82 Å². The van der Waals surface area contributed by atoms with Gasteiger partial charge in [0.2, 0.25) is 5.91 Å². The lowest BCUT2D eigenvalue weighted by Gasteiger charge is -2.13. The van der Waals surface area contributed by atoms with Crippen LogP contribution in [0.15, 0.2) is 42.5 Å². The standard InChI is InChI=1S/C21H27FN4O/c1-25(2)15-17-14-20(18-9-5-6-10-19(18)22)24-26(17)12-11-23-21(27)13-16-7-3-4-8-16/h3,5-7,9-10,14,16H,4,8,11-13,15H2,1-2H3,(H,23,27). The van der Waals surface area contributed by atoms with E-state index < -0.39 is 0 Å². The van der Waals surface area contributed by atoms with Crippen molar-refractivity contribution in [1.29, 1.82) is 0 Å². The number of nitrogens with zero attached hydrogens (tertiary/aromatic N) is 3. The maximum Gasteiger partial charge on any atom is 0.220 e. The van der Waals surface area contributed by atoms with Gasteiger partial charge in [0.25, 0.3) is 0 Å². The molecule has 144 valence electrons. The topological polar surface area (TPSA) is 50.2 Å². The number of allylic oxidation sites excluding steroid dienone is 2. The van der Waals surface area contributed by atoms with Gasteiger partial charge in [0, 0.05) is 25.1 Å². The van der Waals surface area contributed by atoms with Gasteiger partial charge in [-0.25, -0.2) is 4.39 Å². The molecule has 27 heavy (non-hydrogen) atoms. The predicted molar refractivity (Wildman–Crippen MR) is 105 cm³/mol. The van der Waals surface area contributed by atoms with Gasteiger partial charge < -0.3 is 10.2 Å². The summed E-state index contributed by atoms with van der Waals surface area (Å²) in [6, 6.07) is 8.58. The van der Waals surface area contributed by atoms with E-state index in [1.807, 2.05) is 29.7 Å². The molecule has 0 fully saturated rings. The van der Waals surface area contributed by atoms with Gasteiger partial charge in [-0.15, -0.1) is 0 Å². The smallest absolute Gasteiger partial charge is 0.220 e. The maximum atomic E-state index is 14.1. The van der Waals surface area contributed by atoms with Crippen LogP contribution in [0.5, 0.6) is 0 Å². The number of aromatic nitrogens is 2. The van der Waals surface area contributed by atoms with Crippen LogP contribution in [0, 0.1) is 11.7 Å². The van der Waals surface area contributed by atoms with Gasteiger partial charge >= 0.3 is 0 Å². The lowest BCUT2D eigenvalue weighted by Crippen LogP contribution is -2.29. The van der Waals surface area contributed by atoms with E-state index in [-0.39, 0.29) is 11.7 Å². The SMILES string of the molecule is CN(C)Cc1cc(-c2ccccc2F)nn1CCNC(=O)CC1C=CCC1. The number of carbonyl (C=O) groups is 1. The number of halogens is 1. The average Bonchev–Trinajstić information content (AvgIpc) is 3.25. The number of amides is 1. The Morgan fingerprint density at radius 3 is 2.89 bits per heavy atom. The van der Waals surface area contributed by atoms with Crippen molar-refractivity contribution >= 4 is 5.91 Å². The minimum absolute atomic E-state index is 0.0715. The summed E-state index contributed by atoms with van der Waals surface area (Å²) in [6.45, 7) is 1.76. The van der Waals surface area contributed by atoms with Crippen LogP contribution in [0.4, 0.5) is 4.39 Å². The molecule has 1 aliphatic carbocycles. The Hall–Kier alpha value is -2.47. The zero-order valence-electron chi connectivity index (χ0n) is 16.0. The highest BCUT2D eigenvalue weighted by Crippen LogP contribution is 2.23. The van der Waals surface area contributed by atoms with Crippen LogP contribution < -0.4 is 5.32 Å². The fourth-order valence-electron chi connectivity index (χ4n) is 3.38. The Labute approximate surface area is 159 Å². The largest absolute Gasteiger partial charge is 0.354 e. The van der Waals surface area contributed by atoms with E-state index in [9.17, 15) is 9.18 Å².